The summed E-state index contributed by atoms with van der Waals surface area (Å²) in [7, 11) is 0. The van der Waals surface area contributed by atoms with Crippen molar-refractivity contribution in [3.8, 4) is 0 Å². The van der Waals surface area contributed by atoms with Crippen molar-refractivity contribution in [2.75, 3.05) is 22.1 Å². The van der Waals surface area contributed by atoms with E-state index in [1.807, 2.05) is 36.4 Å². The second kappa shape index (κ2) is 9.32. The minimum Gasteiger partial charge on any atom is -0.399 e. The normalized spacial score (nSPS) is 10.1. The van der Waals surface area contributed by atoms with Crippen molar-refractivity contribution in [2.24, 2.45) is 0 Å². The number of nitrogens with one attached hydrogen (secondary N) is 3. The number of aromatic amines is 1. The van der Waals surface area contributed by atoms with E-state index in [9.17, 15) is 9.59 Å². The molecule has 0 aliphatic heterocycles. The third-order valence-corrected chi connectivity index (χ3v) is 4.44. The number of nitrogen functional groups attached to an aromatic ring is 2. The van der Waals surface area contributed by atoms with Gasteiger partial charge < -0.3 is 27.1 Å². The topological polar surface area (TPSA) is 126 Å². The lowest BCUT2D eigenvalue weighted by atomic mass is 10.1. The van der Waals surface area contributed by atoms with Crippen molar-refractivity contribution in [1.29, 1.82) is 0 Å². The van der Waals surface area contributed by atoms with E-state index in [2.05, 4.69) is 28.8 Å². The number of rotatable bonds is 4. The Morgan fingerprint density at radius 2 is 1.10 bits per heavy atom. The van der Waals surface area contributed by atoms with E-state index < -0.39 is 0 Å². The number of carbonyl (C=O) groups is 2. The van der Waals surface area contributed by atoms with Crippen molar-refractivity contribution in [2.45, 2.75) is 0 Å². The quantitative estimate of drug-likeness (QED) is 0.251. The van der Waals surface area contributed by atoms with Gasteiger partial charge in [-0.25, -0.2) is 0 Å². The van der Waals surface area contributed by atoms with Crippen LogP contribution in [-0.2, 0) is 9.59 Å². The molecule has 1 heterocycles. The number of aromatic nitrogens is 1. The van der Waals surface area contributed by atoms with Crippen LogP contribution in [0, 0.1) is 0 Å². The number of fused-ring (bicyclic) bond motifs is 3. The van der Waals surface area contributed by atoms with Gasteiger partial charge in [0, 0.05) is 44.6 Å². The first-order valence-electron chi connectivity index (χ1n) is 9.43. The Morgan fingerprint density at radius 3 is 1.45 bits per heavy atom. The number of nitrogens with two attached hydrogens (primary N) is 2. The number of hydrogen-bond acceptors (Lipinski definition) is 4. The summed E-state index contributed by atoms with van der Waals surface area (Å²) in [5, 5.41) is 7.44. The van der Waals surface area contributed by atoms with Crippen molar-refractivity contribution < 1.29 is 9.59 Å². The molecule has 2 amide bonds. The van der Waals surface area contributed by atoms with E-state index in [1.165, 1.54) is 12.2 Å². The lowest BCUT2D eigenvalue weighted by Gasteiger charge is -2.04. The number of benzene rings is 3. The molecule has 1 aromatic heterocycles. The molecule has 7 heteroatoms. The molecule has 31 heavy (non-hydrogen) atoms. The van der Waals surface area contributed by atoms with Crippen LogP contribution in [0.3, 0.4) is 0 Å². The van der Waals surface area contributed by atoms with Crippen LogP contribution in [0.5, 0.6) is 0 Å². The molecule has 156 valence electrons. The highest BCUT2D eigenvalue weighted by atomic mass is 16.2. The van der Waals surface area contributed by atoms with Gasteiger partial charge in [-0.15, -0.1) is 0 Å². The maximum Gasteiger partial charge on any atom is 0.247 e. The molecule has 0 radical (unpaired) electrons. The predicted molar refractivity (Wildman–Crippen MR) is 129 cm³/mol. The maximum atomic E-state index is 11.0. The molecule has 3 aromatic carbocycles. The minimum absolute atomic E-state index is 0.275. The van der Waals surface area contributed by atoms with Crippen LogP contribution >= 0.6 is 0 Å². The first kappa shape index (κ1) is 21.2. The molecule has 0 atom stereocenters. The lowest BCUT2D eigenvalue weighted by Crippen LogP contribution is -2.09. The van der Waals surface area contributed by atoms with Gasteiger partial charge in [0.25, 0.3) is 0 Å². The summed E-state index contributed by atoms with van der Waals surface area (Å²) < 4.78 is 0. The Bertz CT molecular complexity index is 1180. The number of carbonyl (C=O) groups excluding carboxylic acids is 2. The molecule has 0 spiro atoms. The summed E-state index contributed by atoms with van der Waals surface area (Å²) >= 11 is 0. The van der Waals surface area contributed by atoms with Gasteiger partial charge in [-0.2, -0.15) is 0 Å². The van der Waals surface area contributed by atoms with Gasteiger partial charge in [-0.1, -0.05) is 13.2 Å². The van der Waals surface area contributed by atoms with Crippen LogP contribution in [0.15, 0.2) is 86.0 Å². The molecule has 0 fully saturated rings. The average Bonchev–Trinajstić information content (AvgIpc) is 3.12. The van der Waals surface area contributed by atoms with Crippen molar-refractivity contribution in [1.82, 2.24) is 4.98 Å². The zero-order valence-electron chi connectivity index (χ0n) is 16.8. The van der Waals surface area contributed by atoms with Gasteiger partial charge >= 0.3 is 0 Å². The van der Waals surface area contributed by atoms with Crippen LogP contribution in [-0.4, -0.2) is 16.8 Å². The largest absolute Gasteiger partial charge is 0.399 e. The summed E-state index contributed by atoms with van der Waals surface area (Å²) in [6, 6.07) is 18.4. The minimum atomic E-state index is -0.275. The Balaban J connectivity index is 0.000000176. The SMILES string of the molecule is C=CC(=O)Nc1ccc(NC(=O)C=C)cc1.Nc1ccc2[nH]c3ccc(N)cc3c2c1. The summed E-state index contributed by atoms with van der Waals surface area (Å²) in [5.41, 5.74) is 16.5. The standard InChI is InChI=1S/C12H11N3.C12H12N2O2/c13-7-1-3-11-9(5-7)10-6-8(14)2-4-12(10)15-11;1-3-11(15)13-9-5-7-10(8-6-9)14-12(16)4-2/h1-6,15H,13-14H2;3-8H,1-2H2,(H,13,15)(H,14,16). The molecule has 4 rings (SSSR count). The summed E-state index contributed by atoms with van der Waals surface area (Å²) in [5.74, 6) is -0.550. The molecule has 0 aliphatic rings. The van der Waals surface area contributed by atoms with Gasteiger partial charge in [0.1, 0.15) is 0 Å². The van der Waals surface area contributed by atoms with Crippen LogP contribution < -0.4 is 22.1 Å². The zero-order valence-corrected chi connectivity index (χ0v) is 16.8. The molecule has 7 N–H and O–H groups in total. The van der Waals surface area contributed by atoms with Gasteiger partial charge in [0.15, 0.2) is 0 Å². The van der Waals surface area contributed by atoms with Gasteiger partial charge in [0.05, 0.1) is 0 Å². The fraction of sp³-hybridized carbons (Fsp3) is 0. The first-order chi connectivity index (χ1) is 14.9. The molecule has 0 saturated carbocycles. The van der Waals surface area contributed by atoms with E-state index in [4.69, 9.17) is 11.5 Å². The average molecular weight is 413 g/mol. The third kappa shape index (κ3) is 5.30. The van der Waals surface area contributed by atoms with Crippen LogP contribution in [0.2, 0.25) is 0 Å². The van der Waals surface area contributed by atoms with E-state index >= 15 is 0 Å². The van der Waals surface area contributed by atoms with Gasteiger partial charge in [0.2, 0.25) is 11.8 Å². The Kier molecular flexibility index (Phi) is 6.37. The second-order valence-corrected chi connectivity index (χ2v) is 6.70. The first-order valence-corrected chi connectivity index (χ1v) is 9.43. The highest BCUT2D eigenvalue weighted by Gasteiger charge is 2.04. The molecular formula is C24H23N5O2. The molecule has 4 aromatic rings. The van der Waals surface area contributed by atoms with Crippen molar-refractivity contribution in [3.63, 3.8) is 0 Å². The summed E-state index contributed by atoms with van der Waals surface area (Å²) in [6.07, 6.45) is 2.38. The number of amides is 2. The van der Waals surface area contributed by atoms with E-state index in [0.717, 1.165) is 33.2 Å². The molecule has 7 nitrogen and oxygen atoms in total. The smallest absolute Gasteiger partial charge is 0.247 e. The van der Waals surface area contributed by atoms with E-state index in [1.54, 1.807) is 24.3 Å². The molecule has 0 aliphatic carbocycles. The highest BCUT2D eigenvalue weighted by molar-refractivity contribution is 6.09. The molecule has 0 unspecified atom stereocenters. The number of H-pyrrole nitrogens is 1. The highest BCUT2D eigenvalue weighted by Crippen LogP contribution is 2.28. The van der Waals surface area contributed by atoms with Crippen molar-refractivity contribution >= 4 is 56.4 Å². The van der Waals surface area contributed by atoms with Crippen LogP contribution in [0.4, 0.5) is 22.7 Å². The Labute approximate surface area is 179 Å². The van der Waals surface area contributed by atoms with Crippen molar-refractivity contribution in [3.05, 3.63) is 86.0 Å². The predicted octanol–water partition coefficient (Wildman–Crippen LogP) is 4.42. The van der Waals surface area contributed by atoms with Gasteiger partial charge in [-0.3, -0.25) is 9.59 Å². The summed E-state index contributed by atoms with van der Waals surface area (Å²) in [4.78, 5) is 25.3. The molecule has 0 saturated heterocycles. The fourth-order valence-electron chi connectivity index (χ4n) is 2.96. The molecular weight excluding hydrogens is 390 g/mol. The number of anilines is 4. The Hall–Kier alpha value is -4.52. The molecule has 0 bridgehead atoms. The maximum absolute atomic E-state index is 11.0. The Morgan fingerprint density at radius 1 is 0.710 bits per heavy atom. The third-order valence-electron chi connectivity index (χ3n) is 4.44. The van der Waals surface area contributed by atoms with Crippen LogP contribution in [0.1, 0.15) is 0 Å². The van der Waals surface area contributed by atoms with Gasteiger partial charge in [-0.05, 0) is 72.8 Å². The summed E-state index contributed by atoms with van der Waals surface area (Å²) in [6.45, 7) is 6.69. The van der Waals surface area contributed by atoms with E-state index in [-0.39, 0.29) is 11.8 Å². The second-order valence-electron chi connectivity index (χ2n) is 6.70. The monoisotopic (exact) mass is 413 g/mol. The van der Waals surface area contributed by atoms with Crippen LogP contribution in [0.25, 0.3) is 21.8 Å². The number of hydrogen-bond donors (Lipinski definition) is 5. The van der Waals surface area contributed by atoms with E-state index in [0.29, 0.717) is 11.4 Å². The lowest BCUT2D eigenvalue weighted by molar-refractivity contribution is -0.112. The zero-order chi connectivity index (χ0) is 22.4. The fourth-order valence-corrected chi connectivity index (χ4v) is 2.96.